The molecule has 0 aliphatic carbocycles. The summed E-state index contributed by atoms with van der Waals surface area (Å²) in [5, 5.41) is 0.111. The molecule has 1 aromatic carbocycles. The highest BCUT2D eigenvalue weighted by Gasteiger charge is 2.32. The van der Waals surface area contributed by atoms with Gasteiger partial charge in [0.05, 0.1) is 15.7 Å². The standard InChI is InChI=1S/C12H5Cl3F3NO/c13-7-5-8(14)11(15)19-10(7)6-3-1-2-4-9(6)20-12(16,17)18/h1-5H. The summed E-state index contributed by atoms with van der Waals surface area (Å²) in [5.41, 5.74) is 0.120. The van der Waals surface area contributed by atoms with Crippen molar-refractivity contribution >= 4 is 34.8 Å². The second-order valence-corrected chi connectivity index (χ2v) is 4.81. The fourth-order valence-electron chi connectivity index (χ4n) is 1.51. The van der Waals surface area contributed by atoms with Gasteiger partial charge in [0.15, 0.2) is 0 Å². The highest BCUT2D eigenvalue weighted by Crippen LogP contribution is 2.38. The van der Waals surface area contributed by atoms with E-state index in [1.807, 2.05) is 0 Å². The Bertz CT molecular complexity index is 646. The van der Waals surface area contributed by atoms with E-state index in [9.17, 15) is 13.2 Å². The Balaban J connectivity index is 2.56. The highest BCUT2D eigenvalue weighted by atomic mass is 35.5. The summed E-state index contributed by atoms with van der Waals surface area (Å²) in [6.45, 7) is 0. The van der Waals surface area contributed by atoms with Crippen LogP contribution in [0.3, 0.4) is 0 Å². The van der Waals surface area contributed by atoms with Crippen LogP contribution in [0.15, 0.2) is 30.3 Å². The van der Waals surface area contributed by atoms with Crippen LogP contribution >= 0.6 is 34.8 Å². The lowest BCUT2D eigenvalue weighted by Gasteiger charge is -2.13. The molecule has 0 fully saturated rings. The molecule has 0 spiro atoms. The summed E-state index contributed by atoms with van der Waals surface area (Å²) in [4.78, 5) is 3.89. The Morgan fingerprint density at radius 3 is 2.30 bits per heavy atom. The van der Waals surface area contributed by atoms with E-state index >= 15 is 0 Å². The van der Waals surface area contributed by atoms with Gasteiger partial charge in [0.25, 0.3) is 0 Å². The lowest BCUT2D eigenvalue weighted by molar-refractivity contribution is -0.274. The first-order valence-electron chi connectivity index (χ1n) is 5.14. The third-order valence-corrected chi connectivity index (χ3v) is 3.22. The summed E-state index contributed by atoms with van der Waals surface area (Å²) in [5.74, 6) is -0.423. The minimum Gasteiger partial charge on any atom is -0.405 e. The maximum atomic E-state index is 12.4. The lowest BCUT2D eigenvalue weighted by atomic mass is 10.1. The minimum absolute atomic E-state index is 0.0564. The number of aromatic nitrogens is 1. The number of ether oxygens (including phenoxy) is 1. The monoisotopic (exact) mass is 341 g/mol. The van der Waals surface area contributed by atoms with Gasteiger partial charge in [0.2, 0.25) is 0 Å². The topological polar surface area (TPSA) is 22.1 Å². The first-order valence-corrected chi connectivity index (χ1v) is 6.28. The average Bonchev–Trinajstić information content (AvgIpc) is 2.33. The van der Waals surface area contributed by atoms with E-state index < -0.39 is 12.1 Å². The van der Waals surface area contributed by atoms with Crippen LogP contribution in [0, 0.1) is 0 Å². The van der Waals surface area contributed by atoms with E-state index in [2.05, 4.69) is 9.72 Å². The molecule has 0 aliphatic heterocycles. The number of halogens is 6. The smallest absolute Gasteiger partial charge is 0.405 e. The fraction of sp³-hybridized carbons (Fsp3) is 0.0833. The number of benzene rings is 1. The van der Waals surface area contributed by atoms with Crippen LogP contribution in [0.5, 0.6) is 5.75 Å². The molecule has 0 atom stereocenters. The molecule has 0 unspecified atom stereocenters. The second-order valence-electron chi connectivity index (χ2n) is 3.64. The number of nitrogens with zero attached hydrogens (tertiary/aromatic N) is 1. The average molecular weight is 343 g/mol. The summed E-state index contributed by atoms with van der Waals surface area (Å²) < 4.78 is 41.0. The molecule has 1 heterocycles. The summed E-state index contributed by atoms with van der Waals surface area (Å²) in [6, 6.07) is 6.77. The lowest BCUT2D eigenvalue weighted by Crippen LogP contribution is -2.17. The molecule has 0 amide bonds. The van der Waals surface area contributed by atoms with Gasteiger partial charge >= 0.3 is 6.36 Å². The predicted molar refractivity (Wildman–Crippen MR) is 71.4 cm³/mol. The van der Waals surface area contributed by atoms with Gasteiger partial charge in [-0.25, -0.2) is 4.98 Å². The molecule has 2 rings (SSSR count). The van der Waals surface area contributed by atoms with Gasteiger partial charge in [-0.3, -0.25) is 0 Å². The van der Waals surface area contributed by atoms with Crippen LogP contribution in [0.1, 0.15) is 0 Å². The Morgan fingerprint density at radius 2 is 1.65 bits per heavy atom. The third kappa shape index (κ3) is 3.48. The molecule has 0 saturated carbocycles. The maximum absolute atomic E-state index is 12.4. The van der Waals surface area contributed by atoms with Gasteiger partial charge in [0, 0.05) is 5.56 Å². The molecule has 0 bridgehead atoms. The highest BCUT2D eigenvalue weighted by molar-refractivity contribution is 6.43. The summed E-state index contributed by atoms with van der Waals surface area (Å²) in [6.07, 6.45) is -4.82. The van der Waals surface area contributed by atoms with Gasteiger partial charge in [0.1, 0.15) is 10.9 Å². The summed E-state index contributed by atoms with van der Waals surface area (Å²) in [7, 11) is 0. The predicted octanol–water partition coefficient (Wildman–Crippen LogP) is 5.61. The van der Waals surface area contributed by atoms with Crippen molar-refractivity contribution in [2.75, 3.05) is 0 Å². The normalized spacial score (nSPS) is 11.5. The molecule has 0 saturated heterocycles. The zero-order valence-electron chi connectivity index (χ0n) is 9.51. The van der Waals surface area contributed by atoms with Crippen molar-refractivity contribution in [2.24, 2.45) is 0 Å². The molecule has 0 radical (unpaired) electrons. The van der Waals surface area contributed by atoms with Gasteiger partial charge in [-0.2, -0.15) is 0 Å². The fourth-order valence-corrected chi connectivity index (χ4v) is 2.11. The van der Waals surface area contributed by atoms with Gasteiger partial charge in [-0.15, -0.1) is 13.2 Å². The number of hydrogen-bond acceptors (Lipinski definition) is 2. The zero-order chi connectivity index (χ0) is 14.9. The minimum atomic E-state index is -4.82. The number of alkyl halides is 3. The van der Waals surface area contributed by atoms with Crippen LogP contribution < -0.4 is 4.74 Å². The largest absolute Gasteiger partial charge is 0.573 e. The van der Waals surface area contributed by atoms with Gasteiger partial charge < -0.3 is 4.74 Å². The Morgan fingerprint density at radius 1 is 1.00 bits per heavy atom. The van der Waals surface area contributed by atoms with Gasteiger partial charge in [-0.1, -0.05) is 46.9 Å². The molecule has 2 aromatic rings. The SMILES string of the molecule is FC(F)(F)Oc1ccccc1-c1nc(Cl)c(Cl)cc1Cl. The van der Waals surface area contributed by atoms with E-state index in [-0.39, 0.29) is 26.5 Å². The molecule has 0 N–H and O–H groups in total. The van der Waals surface area contributed by atoms with Crippen molar-refractivity contribution in [3.63, 3.8) is 0 Å². The van der Waals surface area contributed by atoms with E-state index in [0.29, 0.717) is 0 Å². The molecule has 20 heavy (non-hydrogen) atoms. The molecule has 8 heteroatoms. The van der Waals surface area contributed by atoms with Crippen LogP contribution in [0.25, 0.3) is 11.3 Å². The molecule has 1 aromatic heterocycles. The number of hydrogen-bond donors (Lipinski definition) is 0. The van der Waals surface area contributed by atoms with E-state index in [1.165, 1.54) is 24.3 Å². The van der Waals surface area contributed by atoms with Crippen LogP contribution in [-0.2, 0) is 0 Å². The number of pyridine rings is 1. The molecular weight excluding hydrogens is 337 g/mol. The van der Waals surface area contributed by atoms with Crippen LogP contribution in [0.4, 0.5) is 13.2 Å². The Kier molecular flexibility index (Phi) is 4.32. The van der Waals surface area contributed by atoms with Crippen molar-refractivity contribution in [2.45, 2.75) is 6.36 Å². The first-order chi connectivity index (χ1) is 9.28. The van der Waals surface area contributed by atoms with E-state index in [0.717, 1.165) is 6.07 Å². The van der Waals surface area contributed by atoms with Crippen molar-refractivity contribution in [1.29, 1.82) is 0 Å². The van der Waals surface area contributed by atoms with Crippen molar-refractivity contribution < 1.29 is 17.9 Å². The summed E-state index contributed by atoms with van der Waals surface area (Å²) >= 11 is 17.4. The molecule has 106 valence electrons. The molecule has 0 aliphatic rings. The van der Waals surface area contributed by atoms with Crippen molar-refractivity contribution in [1.82, 2.24) is 4.98 Å². The Hall–Kier alpha value is -1.17. The first kappa shape index (κ1) is 15.2. The van der Waals surface area contributed by atoms with Crippen LogP contribution in [0.2, 0.25) is 15.2 Å². The van der Waals surface area contributed by atoms with E-state index in [1.54, 1.807) is 0 Å². The Labute approximate surface area is 127 Å². The quantitative estimate of drug-likeness (QED) is 0.662. The molecular formula is C12H5Cl3F3NO. The third-order valence-electron chi connectivity index (χ3n) is 2.25. The maximum Gasteiger partial charge on any atom is 0.573 e. The van der Waals surface area contributed by atoms with Crippen molar-refractivity contribution in [3.05, 3.63) is 45.5 Å². The molecule has 2 nitrogen and oxygen atoms in total. The second kappa shape index (κ2) is 5.68. The number of rotatable bonds is 2. The zero-order valence-corrected chi connectivity index (χ0v) is 11.8. The van der Waals surface area contributed by atoms with Crippen LogP contribution in [-0.4, -0.2) is 11.3 Å². The van der Waals surface area contributed by atoms with Crippen molar-refractivity contribution in [3.8, 4) is 17.0 Å². The number of para-hydroxylation sites is 1. The van der Waals surface area contributed by atoms with Gasteiger partial charge in [-0.05, 0) is 18.2 Å². The van der Waals surface area contributed by atoms with E-state index in [4.69, 9.17) is 34.8 Å².